The van der Waals surface area contributed by atoms with Crippen LogP contribution >= 0.6 is 15.9 Å². The van der Waals surface area contributed by atoms with Crippen LogP contribution in [0.2, 0.25) is 0 Å². The molecule has 1 aliphatic heterocycles. The van der Waals surface area contributed by atoms with E-state index in [0.29, 0.717) is 5.92 Å². The Bertz CT molecular complexity index is 769. The molecule has 3 rings (SSSR count). The van der Waals surface area contributed by atoms with Crippen LogP contribution in [0, 0.1) is 11.3 Å². The highest BCUT2D eigenvalue weighted by atomic mass is 79.9. The summed E-state index contributed by atoms with van der Waals surface area (Å²) >= 11 is 3.57. The lowest BCUT2D eigenvalue weighted by molar-refractivity contribution is -0.128. The summed E-state index contributed by atoms with van der Waals surface area (Å²) in [6.45, 7) is 8.63. The van der Waals surface area contributed by atoms with E-state index in [-0.39, 0.29) is 11.3 Å². The molecule has 1 saturated heterocycles. The van der Waals surface area contributed by atoms with Crippen molar-refractivity contribution in [3.8, 4) is 0 Å². The fraction of sp³-hybridized carbons (Fsp3) is 0.500. The minimum atomic E-state index is -0.331. The Morgan fingerprint density at radius 3 is 2.92 bits per heavy atom. The molecule has 134 valence electrons. The molecule has 1 unspecified atom stereocenters. The Morgan fingerprint density at radius 2 is 2.16 bits per heavy atom. The van der Waals surface area contributed by atoms with E-state index in [1.165, 1.54) is 11.1 Å². The summed E-state index contributed by atoms with van der Waals surface area (Å²) in [6, 6.07) is 8.32. The molecule has 0 spiro atoms. The zero-order chi connectivity index (χ0) is 18.0. The third kappa shape index (κ3) is 4.32. The molecule has 1 aliphatic rings. The van der Waals surface area contributed by atoms with Crippen molar-refractivity contribution in [3.63, 3.8) is 0 Å². The lowest BCUT2D eigenvalue weighted by Crippen LogP contribution is -2.43. The molecular formula is C20H26BrN3O. The van der Waals surface area contributed by atoms with Gasteiger partial charge in [-0.05, 0) is 43.0 Å². The SMILES string of the molecule is CC(C)(C)C(=O)NCC1CCCN(c2ccnc3ccc(Br)cc23)C1. The number of anilines is 1. The first-order valence-electron chi connectivity index (χ1n) is 8.92. The number of nitrogens with one attached hydrogen (secondary N) is 1. The minimum absolute atomic E-state index is 0.128. The van der Waals surface area contributed by atoms with Crippen molar-refractivity contribution in [1.29, 1.82) is 0 Å². The second-order valence-electron chi connectivity index (χ2n) is 7.91. The molecule has 1 amide bonds. The van der Waals surface area contributed by atoms with Crippen LogP contribution in [-0.4, -0.2) is 30.5 Å². The number of halogens is 1. The van der Waals surface area contributed by atoms with E-state index in [9.17, 15) is 4.79 Å². The van der Waals surface area contributed by atoms with Gasteiger partial charge in [-0.25, -0.2) is 0 Å². The van der Waals surface area contributed by atoms with Gasteiger partial charge in [0, 0.05) is 46.8 Å². The van der Waals surface area contributed by atoms with Crippen LogP contribution in [0.1, 0.15) is 33.6 Å². The number of rotatable bonds is 3. The van der Waals surface area contributed by atoms with Gasteiger partial charge in [0.15, 0.2) is 0 Å². The molecule has 0 saturated carbocycles. The quantitative estimate of drug-likeness (QED) is 0.826. The number of fused-ring (bicyclic) bond motifs is 1. The van der Waals surface area contributed by atoms with Crippen LogP contribution in [0.5, 0.6) is 0 Å². The number of piperidine rings is 1. The smallest absolute Gasteiger partial charge is 0.225 e. The van der Waals surface area contributed by atoms with Gasteiger partial charge in [-0.3, -0.25) is 9.78 Å². The van der Waals surface area contributed by atoms with E-state index >= 15 is 0 Å². The van der Waals surface area contributed by atoms with Crippen molar-refractivity contribution in [2.24, 2.45) is 11.3 Å². The van der Waals surface area contributed by atoms with Gasteiger partial charge in [0.1, 0.15) is 0 Å². The highest BCUT2D eigenvalue weighted by Gasteiger charge is 2.25. The minimum Gasteiger partial charge on any atom is -0.371 e. The number of benzene rings is 1. The van der Waals surface area contributed by atoms with E-state index in [4.69, 9.17) is 0 Å². The number of carbonyl (C=O) groups excluding carboxylic acids is 1. The van der Waals surface area contributed by atoms with E-state index in [2.05, 4.69) is 43.3 Å². The number of pyridine rings is 1. The molecule has 5 heteroatoms. The van der Waals surface area contributed by atoms with Crippen LogP contribution in [-0.2, 0) is 4.79 Å². The van der Waals surface area contributed by atoms with Crippen molar-refractivity contribution in [1.82, 2.24) is 10.3 Å². The van der Waals surface area contributed by atoms with Crippen molar-refractivity contribution >= 4 is 38.4 Å². The third-order valence-corrected chi connectivity index (χ3v) is 5.27. The predicted octanol–water partition coefficient (Wildman–Crippen LogP) is 4.38. The van der Waals surface area contributed by atoms with Crippen molar-refractivity contribution in [3.05, 3.63) is 34.9 Å². The summed E-state index contributed by atoms with van der Waals surface area (Å²) in [4.78, 5) is 19.1. The number of aromatic nitrogens is 1. The number of carbonyl (C=O) groups is 1. The summed E-state index contributed by atoms with van der Waals surface area (Å²) in [6.07, 6.45) is 4.19. The highest BCUT2D eigenvalue weighted by molar-refractivity contribution is 9.10. The standard InChI is InChI=1S/C20H26BrN3O/c1-20(2,3)19(25)23-12-14-5-4-10-24(13-14)18-8-9-22-17-7-6-15(21)11-16(17)18/h6-9,11,14H,4-5,10,12-13H2,1-3H3,(H,23,25). The molecule has 1 N–H and O–H groups in total. The number of nitrogens with zero attached hydrogens (tertiary/aromatic N) is 2. The maximum Gasteiger partial charge on any atom is 0.225 e. The molecule has 1 aromatic heterocycles. The van der Waals surface area contributed by atoms with Gasteiger partial charge in [-0.2, -0.15) is 0 Å². The molecule has 25 heavy (non-hydrogen) atoms. The van der Waals surface area contributed by atoms with Gasteiger partial charge < -0.3 is 10.2 Å². The lowest BCUT2D eigenvalue weighted by atomic mass is 9.93. The Morgan fingerprint density at radius 1 is 1.36 bits per heavy atom. The van der Waals surface area contributed by atoms with Gasteiger partial charge in [0.05, 0.1) is 5.52 Å². The Balaban J connectivity index is 1.74. The topological polar surface area (TPSA) is 45.2 Å². The molecule has 0 bridgehead atoms. The van der Waals surface area contributed by atoms with Gasteiger partial charge in [0.25, 0.3) is 0 Å². The first-order chi connectivity index (χ1) is 11.8. The first kappa shape index (κ1) is 18.2. The number of hydrogen-bond donors (Lipinski definition) is 1. The molecule has 1 aromatic carbocycles. The third-order valence-electron chi connectivity index (χ3n) is 4.77. The molecule has 4 nitrogen and oxygen atoms in total. The largest absolute Gasteiger partial charge is 0.371 e. The van der Waals surface area contributed by atoms with Gasteiger partial charge in [0.2, 0.25) is 5.91 Å². The maximum atomic E-state index is 12.1. The van der Waals surface area contributed by atoms with E-state index < -0.39 is 0 Å². The predicted molar refractivity (Wildman–Crippen MR) is 107 cm³/mol. The fourth-order valence-electron chi connectivity index (χ4n) is 3.33. The Labute approximate surface area is 158 Å². The summed E-state index contributed by atoms with van der Waals surface area (Å²) in [5, 5.41) is 4.30. The molecule has 1 fully saturated rings. The normalized spacial score (nSPS) is 18.4. The Kier molecular flexibility index (Phi) is 5.32. The van der Waals surface area contributed by atoms with Crippen LogP contribution in [0.3, 0.4) is 0 Å². The van der Waals surface area contributed by atoms with Crippen molar-refractivity contribution in [2.45, 2.75) is 33.6 Å². The second-order valence-corrected chi connectivity index (χ2v) is 8.82. The molecule has 2 aromatic rings. The highest BCUT2D eigenvalue weighted by Crippen LogP contribution is 2.31. The monoisotopic (exact) mass is 403 g/mol. The van der Waals surface area contributed by atoms with Crippen molar-refractivity contribution < 1.29 is 4.79 Å². The fourth-order valence-corrected chi connectivity index (χ4v) is 3.69. The van der Waals surface area contributed by atoms with Crippen LogP contribution in [0.15, 0.2) is 34.9 Å². The number of hydrogen-bond acceptors (Lipinski definition) is 3. The zero-order valence-electron chi connectivity index (χ0n) is 15.2. The summed E-state index contributed by atoms with van der Waals surface area (Å²) in [5.41, 5.74) is 1.92. The summed E-state index contributed by atoms with van der Waals surface area (Å²) in [5.74, 6) is 0.610. The summed E-state index contributed by atoms with van der Waals surface area (Å²) < 4.78 is 1.07. The lowest BCUT2D eigenvalue weighted by Gasteiger charge is -2.35. The van der Waals surface area contributed by atoms with Crippen molar-refractivity contribution in [2.75, 3.05) is 24.5 Å². The van der Waals surface area contributed by atoms with Crippen LogP contribution in [0.25, 0.3) is 10.9 Å². The van der Waals surface area contributed by atoms with Gasteiger partial charge in [-0.1, -0.05) is 36.7 Å². The average Bonchev–Trinajstić information content (AvgIpc) is 2.58. The van der Waals surface area contributed by atoms with E-state index in [1.807, 2.05) is 39.1 Å². The first-order valence-corrected chi connectivity index (χ1v) is 9.71. The molecule has 0 radical (unpaired) electrons. The maximum absolute atomic E-state index is 12.1. The van der Waals surface area contributed by atoms with Crippen LogP contribution in [0.4, 0.5) is 5.69 Å². The van der Waals surface area contributed by atoms with Crippen LogP contribution < -0.4 is 10.2 Å². The molecule has 0 aliphatic carbocycles. The summed E-state index contributed by atoms with van der Waals surface area (Å²) in [7, 11) is 0. The average molecular weight is 404 g/mol. The molecular weight excluding hydrogens is 378 g/mol. The van der Waals surface area contributed by atoms with E-state index in [0.717, 1.165) is 42.5 Å². The second kappa shape index (κ2) is 7.32. The van der Waals surface area contributed by atoms with E-state index in [1.54, 1.807) is 0 Å². The molecule has 2 heterocycles. The number of amides is 1. The van der Waals surface area contributed by atoms with Gasteiger partial charge in [-0.15, -0.1) is 0 Å². The Hall–Kier alpha value is -1.62. The molecule has 1 atom stereocenters. The van der Waals surface area contributed by atoms with Gasteiger partial charge >= 0.3 is 0 Å². The zero-order valence-corrected chi connectivity index (χ0v) is 16.8.